The van der Waals surface area contributed by atoms with Gasteiger partial charge in [0.1, 0.15) is 17.4 Å². The van der Waals surface area contributed by atoms with Gasteiger partial charge in [-0.15, -0.1) is 0 Å². The number of benzene rings is 1. The van der Waals surface area contributed by atoms with Crippen LogP contribution in [0, 0.1) is 17.7 Å². The number of likely N-dealkylation sites (tertiary alicyclic amines) is 1. The summed E-state index contributed by atoms with van der Waals surface area (Å²) in [7, 11) is 1.94. The molecule has 0 bridgehead atoms. The fraction of sp³-hybridized carbons (Fsp3) is 0.520. The number of carbonyl (C=O) groups excluding carboxylic acids is 1. The first kappa shape index (κ1) is 26.5. The SMILES string of the molecule is CN1C[C@@H]2[C@H](C1)[C@H]2Nc1cc(=O)n(C2(C(F)F)CC2)cc1C(=O)N[C@H](c1cccc(C(F)F)c1F)C(F)F. The van der Waals surface area contributed by atoms with E-state index in [1.807, 2.05) is 12.4 Å². The molecule has 2 heterocycles. The average Bonchev–Trinajstić information content (AvgIpc) is 3.73. The monoisotopic (exact) mass is 546 g/mol. The Morgan fingerprint density at radius 1 is 1.05 bits per heavy atom. The molecule has 1 aliphatic heterocycles. The van der Waals surface area contributed by atoms with Crippen LogP contribution in [-0.2, 0) is 5.54 Å². The molecular formula is C25H25F7N4O2. The number of nitrogens with one attached hydrogen (secondary N) is 2. The van der Waals surface area contributed by atoms with Gasteiger partial charge in [0.25, 0.3) is 30.7 Å². The number of carbonyl (C=O) groups is 1. The predicted molar refractivity (Wildman–Crippen MR) is 123 cm³/mol. The smallest absolute Gasteiger partial charge is 0.266 e. The van der Waals surface area contributed by atoms with E-state index in [-0.39, 0.29) is 42.0 Å². The highest BCUT2D eigenvalue weighted by Crippen LogP contribution is 2.49. The van der Waals surface area contributed by atoms with E-state index < -0.39 is 59.3 Å². The van der Waals surface area contributed by atoms with E-state index in [0.29, 0.717) is 0 Å². The summed E-state index contributed by atoms with van der Waals surface area (Å²) in [6, 6.07) is 1.14. The molecule has 3 fully saturated rings. The largest absolute Gasteiger partial charge is 0.381 e. The highest BCUT2D eigenvalue weighted by Gasteiger charge is 2.56. The zero-order valence-electron chi connectivity index (χ0n) is 20.1. The zero-order valence-corrected chi connectivity index (χ0v) is 20.1. The highest BCUT2D eigenvalue weighted by molar-refractivity contribution is 5.99. The molecule has 0 unspecified atom stereocenters. The van der Waals surface area contributed by atoms with Crippen molar-refractivity contribution in [2.75, 3.05) is 25.5 Å². The van der Waals surface area contributed by atoms with Crippen molar-refractivity contribution >= 4 is 11.6 Å². The average molecular weight is 546 g/mol. The zero-order chi connectivity index (χ0) is 27.5. The molecule has 0 spiro atoms. The van der Waals surface area contributed by atoms with E-state index in [0.717, 1.165) is 48.1 Å². The number of aromatic nitrogens is 1. The Balaban J connectivity index is 1.50. The lowest BCUT2D eigenvalue weighted by atomic mass is 10.0. The first-order valence-electron chi connectivity index (χ1n) is 12.1. The Labute approximate surface area is 212 Å². The van der Waals surface area contributed by atoms with Crippen LogP contribution in [0.3, 0.4) is 0 Å². The molecule has 4 atom stereocenters. The molecule has 3 aliphatic rings. The molecule has 1 aromatic carbocycles. The van der Waals surface area contributed by atoms with Crippen LogP contribution in [0.4, 0.5) is 36.4 Å². The van der Waals surface area contributed by atoms with Crippen molar-refractivity contribution in [3.8, 4) is 0 Å². The van der Waals surface area contributed by atoms with Crippen molar-refractivity contribution in [2.24, 2.45) is 11.8 Å². The number of anilines is 1. The van der Waals surface area contributed by atoms with E-state index in [9.17, 15) is 40.3 Å². The van der Waals surface area contributed by atoms with E-state index in [4.69, 9.17) is 0 Å². The molecule has 206 valence electrons. The molecule has 2 N–H and O–H groups in total. The number of piperidine rings is 1. The lowest BCUT2D eigenvalue weighted by Gasteiger charge is -2.24. The summed E-state index contributed by atoms with van der Waals surface area (Å²) in [5, 5.41) is 5.06. The van der Waals surface area contributed by atoms with Crippen LogP contribution in [0.1, 0.15) is 46.8 Å². The minimum Gasteiger partial charge on any atom is -0.381 e. The fourth-order valence-corrected chi connectivity index (χ4v) is 5.48. The number of hydrogen-bond donors (Lipinski definition) is 2. The van der Waals surface area contributed by atoms with Gasteiger partial charge in [0.05, 0.1) is 16.8 Å². The van der Waals surface area contributed by atoms with Gasteiger partial charge in [-0.05, 0) is 31.7 Å². The molecule has 2 aliphatic carbocycles. The van der Waals surface area contributed by atoms with Crippen LogP contribution >= 0.6 is 0 Å². The number of hydrogen-bond acceptors (Lipinski definition) is 4. The molecule has 1 aromatic heterocycles. The molecule has 1 amide bonds. The lowest BCUT2D eigenvalue weighted by molar-refractivity contribution is 0.0643. The highest BCUT2D eigenvalue weighted by atomic mass is 19.3. The Bertz CT molecular complexity index is 1280. The summed E-state index contributed by atoms with van der Waals surface area (Å²) in [4.78, 5) is 28.2. The van der Waals surface area contributed by atoms with Gasteiger partial charge in [-0.2, -0.15) is 0 Å². The third-order valence-corrected chi connectivity index (χ3v) is 7.81. The van der Waals surface area contributed by atoms with Gasteiger partial charge < -0.3 is 20.1 Å². The summed E-state index contributed by atoms with van der Waals surface area (Å²) >= 11 is 0. The normalized spacial score (nSPS) is 24.6. The van der Waals surface area contributed by atoms with Crippen molar-refractivity contribution in [3.63, 3.8) is 0 Å². The number of fused-ring (bicyclic) bond motifs is 1. The molecule has 6 nitrogen and oxygen atoms in total. The number of pyridine rings is 1. The topological polar surface area (TPSA) is 66.4 Å². The maximum atomic E-state index is 14.7. The maximum absolute atomic E-state index is 14.7. The van der Waals surface area contributed by atoms with Crippen LogP contribution in [-0.4, -0.2) is 54.4 Å². The maximum Gasteiger partial charge on any atom is 0.266 e. The van der Waals surface area contributed by atoms with Gasteiger partial charge in [-0.1, -0.05) is 18.2 Å². The number of halogens is 7. The number of alkyl halides is 6. The van der Waals surface area contributed by atoms with Crippen molar-refractivity contribution in [1.82, 2.24) is 14.8 Å². The fourth-order valence-electron chi connectivity index (χ4n) is 5.48. The predicted octanol–water partition coefficient (Wildman–Crippen LogP) is 4.39. The van der Waals surface area contributed by atoms with E-state index in [1.54, 1.807) is 0 Å². The molecule has 0 radical (unpaired) electrons. The van der Waals surface area contributed by atoms with Crippen molar-refractivity contribution in [3.05, 3.63) is 63.3 Å². The Kier molecular flexibility index (Phi) is 6.69. The van der Waals surface area contributed by atoms with Crippen LogP contribution in [0.15, 0.2) is 35.3 Å². The Hall–Kier alpha value is -3.09. The molecule has 38 heavy (non-hydrogen) atoms. The van der Waals surface area contributed by atoms with Crippen LogP contribution in [0.5, 0.6) is 0 Å². The number of rotatable bonds is 9. The van der Waals surface area contributed by atoms with Gasteiger partial charge in [0.15, 0.2) is 0 Å². The third-order valence-electron chi connectivity index (χ3n) is 7.81. The second-order valence-electron chi connectivity index (χ2n) is 10.3. The summed E-state index contributed by atoms with van der Waals surface area (Å²) in [6.45, 7) is 1.53. The first-order chi connectivity index (χ1) is 17.9. The van der Waals surface area contributed by atoms with Crippen molar-refractivity contribution in [2.45, 2.75) is 49.7 Å². The van der Waals surface area contributed by atoms with Gasteiger partial charge >= 0.3 is 0 Å². The van der Waals surface area contributed by atoms with Gasteiger partial charge in [0, 0.05) is 37.0 Å². The van der Waals surface area contributed by atoms with Crippen LogP contribution < -0.4 is 16.2 Å². The summed E-state index contributed by atoms with van der Waals surface area (Å²) in [5.41, 5.74) is -4.91. The van der Waals surface area contributed by atoms with Crippen molar-refractivity contribution in [1.29, 1.82) is 0 Å². The summed E-state index contributed by atoms with van der Waals surface area (Å²) < 4.78 is 97.3. The number of amides is 1. The lowest BCUT2D eigenvalue weighted by Crippen LogP contribution is -2.39. The van der Waals surface area contributed by atoms with Crippen molar-refractivity contribution < 1.29 is 35.5 Å². The minimum absolute atomic E-state index is 0.0111. The molecule has 2 aromatic rings. The molecule has 13 heteroatoms. The number of nitrogens with zero attached hydrogens (tertiary/aromatic N) is 2. The van der Waals surface area contributed by atoms with E-state index >= 15 is 0 Å². The first-order valence-corrected chi connectivity index (χ1v) is 12.1. The molecule has 2 saturated carbocycles. The minimum atomic E-state index is -3.39. The third kappa shape index (κ3) is 4.54. The van der Waals surface area contributed by atoms with E-state index in [1.165, 1.54) is 0 Å². The summed E-state index contributed by atoms with van der Waals surface area (Å²) in [5.74, 6) is -2.31. The van der Waals surface area contributed by atoms with E-state index in [2.05, 4.69) is 10.2 Å². The standard InChI is InChI=1S/C25H25F7N4O2/c1-35-8-13-14(9-35)19(13)33-16-7-17(37)36(25(5-6-25)24(31)32)10-15(16)23(38)34-20(22(29)30)11-3-2-4-12(18(11)26)21(27)28/h2-4,7,10,13-14,19-22,24,33H,5-6,8-9H2,1H3,(H,34,38)/t13-,14+,19+,20-/m1/s1. The molecule has 5 rings (SSSR count). The second kappa shape index (κ2) is 9.58. The molecular weight excluding hydrogens is 521 g/mol. The molecule has 1 saturated heterocycles. The Morgan fingerprint density at radius 3 is 2.24 bits per heavy atom. The quantitative estimate of drug-likeness (QED) is 0.458. The van der Waals surface area contributed by atoms with Gasteiger partial charge in [0.2, 0.25) is 0 Å². The van der Waals surface area contributed by atoms with Crippen LogP contribution in [0.2, 0.25) is 0 Å². The van der Waals surface area contributed by atoms with Crippen LogP contribution in [0.25, 0.3) is 0 Å². The second-order valence-corrected chi connectivity index (χ2v) is 10.3. The van der Waals surface area contributed by atoms with Gasteiger partial charge in [-0.3, -0.25) is 9.59 Å². The Morgan fingerprint density at radius 2 is 1.68 bits per heavy atom. The summed E-state index contributed by atoms with van der Waals surface area (Å²) in [6.07, 6.45) is -8.68. The van der Waals surface area contributed by atoms with Gasteiger partial charge in [-0.25, -0.2) is 30.7 Å².